The number of nitrogens with zero attached hydrogens (tertiary/aromatic N) is 1. The van der Waals surface area contributed by atoms with Crippen molar-refractivity contribution in [2.24, 2.45) is 0 Å². The minimum Gasteiger partial charge on any atom is -0.383 e. The maximum Gasteiger partial charge on any atom is 0.460 e. The van der Waals surface area contributed by atoms with Crippen molar-refractivity contribution in [1.29, 1.82) is 0 Å². The minimum absolute atomic E-state index is 0.120. The van der Waals surface area contributed by atoms with E-state index in [1.54, 1.807) is 0 Å². The molecule has 9 heteroatoms. The van der Waals surface area contributed by atoms with Crippen LogP contribution in [0.15, 0.2) is 12.3 Å². The van der Waals surface area contributed by atoms with E-state index in [1.165, 1.54) is 0 Å². The average Bonchev–Trinajstić information content (AvgIpc) is 2.20. The van der Waals surface area contributed by atoms with Crippen LogP contribution in [-0.4, -0.2) is 17.1 Å². The molecule has 0 atom stereocenters. The number of halogens is 7. The molecule has 0 bridgehead atoms. The van der Waals surface area contributed by atoms with Gasteiger partial charge in [-0.15, -0.1) is 0 Å². The van der Waals surface area contributed by atoms with E-state index in [2.05, 4.69) is 4.98 Å². The molecule has 2 nitrogen and oxygen atoms in total. The fourth-order valence-electron chi connectivity index (χ4n) is 1.12. The summed E-state index contributed by atoms with van der Waals surface area (Å²) in [7, 11) is 0. The highest BCUT2D eigenvalue weighted by Gasteiger charge is 2.73. The average molecular weight is 276 g/mol. The first-order chi connectivity index (χ1) is 7.91. The molecule has 1 aromatic rings. The van der Waals surface area contributed by atoms with Crippen molar-refractivity contribution in [2.75, 3.05) is 5.73 Å². The zero-order valence-electron chi connectivity index (χ0n) is 8.83. The summed E-state index contributed by atoms with van der Waals surface area (Å²) in [5.74, 6) is -11.8. The van der Waals surface area contributed by atoms with Gasteiger partial charge in [-0.2, -0.15) is 30.7 Å². The van der Waals surface area contributed by atoms with E-state index in [0.717, 1.165) is 6.92 Å². The predicted molar refractivity (Wildman–Crippen MR) is 48.3 cm³/mol. The Morgan fingerprint density at radius 2 is 1.56 bits per heavy atom. The maximum absolute atomic E-state index is 13.2. The molecule has 0 saturated heterocycles. The highest BCUT2D eigenvalue weighted by Crippen LogP contribution is 2.51. The Labute approximate surface area is 96.6 Å². The molecule has 1 aromatic heterocycles. The molecule has 0 aromatic carbocycles. The Balaban J connectivity index is 3.33. The van der Waals surface area contributed by atoms with Gasteiger partial charge in [0, 0.05) is 11.8 Å². The van der Waals surface area contributed by atoms with Crippen LogP contribution in [0.3, 0.4) is 0 Å². The van der Waals surface area contributed by atoms with Crippen LogP contribution in [0, 0.1) is 6.92 Å². The highest BCUT2D eigenvalue weighted by molar-refractivity contribution is 5.41. The van der Waals surface area contributed by atoms with Crippen LogP contribution in [0.25, 0.3) is 0 Å². The van der Waals surface area contributed by atoms with Crippen LogP contribution in [-0.2, 0) is 5.92 Å². The van der Waals surface area contributed by atoms with E-state index in [0.29, 0.717) is 6.07 Å². The van der Waals surface area contributed by atoms with Gasteiger partial charge in [-0.05, 0) is 18.6 Å². The van der Waals surface area contributed by atoms with Gasteiger partial charge in [-0.3, -0.25) is 0 Å². The third-order valence-electron chi connectivity index (χ3n) is 2.23. The van der Waals surface area contributed by atoms with Crippen LogP contribution in [0.2, 0.25) is 0 Å². The number of aryl methyl sites for hydroxylation is 1. The van der Waals surface area contributed by atoms with E-state index in [4.69, 9.17) is 5.73 Å². The zero-order chi connectivity index (χ0) is 14.4. The molecule has 1 heterocycles. The van der Waals surface area contributed by atoms with Crippen LogP contribution in [0.4, 0.5) is 36.6 Å². The van der Waals surface area contributed by atoms with Crippen molar-refractivity contribution in [3.63, 3.8) is 0 Å². The zero-order valence-corrected chi connectivity index (χ0v) is 8.83. The molecule has 2 N–H and O–H groups in total. The van der Waals surface area contributed by atoms with Gasteiger partial charge in [0.15, 0.2) is 0 Å². The Bertz CT molecular complexity index is 453. The number of rotatable bonds is 2. The van der Waals surface area contributed by atoms with Gasteiger partial charge < -0.3 is 5.73 Å². The number of nitrogens with two attached hydrogens (primary N) is 1. The Morgan fingerprint density at radius 1 is 1.06 bits per heavy atom. The summed E-state index contributed by atoms with van der Waals surface area (Å²) in [6, 6.07) is 0.446. The molecular weight excluding hydrogens is 269 g/mol. The second-order valence-corrected chi connectivity index (χ2v) is 3.57. The lowest BCUT2D eigenvalue weighted by Gasteiger charge is -2.28. The normalized spacial score (nSPS) is 13.8. The van der Waals surface area contributed by atoms with Crippen molar-refractivity contribution in [2.45, 2.75) is 24.9 Å². The molecule has 0 saturated carbocycles. The first kappa shape index (κ1) is 14.5. The number of anilines is 1. The van der Waals surface area contributed by atoms with E-state index < -0.39 is 23.6 Å². The van der Waals surface area contributed by atoms with Crippen LogP contribution in [0.5, 0.6) is 0 Å². The SMILES string of the molecule is Cc1cc(C(F)(F)C(F)(F)C(F)(F)F)cnc1N. The molecule has 0 aliphatic rings. The number of alkyl halides is 7. The van der Waals surface area contributed by atoms with Crippen LogP contribution in [0.1, 0.15) is 11.1 Å². The van der Waals surface area contributed by atoms with E-state index in [-0.39, 0.29) is 17.6 Å². The van der Waals surface area contributed by atoms with Gasteiger partial charge in [-0.25, -0.2) is 4.98 Å². The smallest absolute Gasteiger partial charge is 0.383 e. The standard InChI is InChI=1S/C9H7F7N2/c1-4-2-5(3-18-6(4)17)7(10,11)8(12,13)9(14,15)16/h2-3H,1H3,(H2,17,18). The largest absolute Gasteiger partial charge is 0.460 e. The lowest BCUT2D eigenvalue weighted by atomic mass is 10.0. The Kier molecular flexibility index (Phi) is 3.22. The highest BCUT2D eigenvalue weighted by atomic mass is 19.4. The van der Waals surface area contributed by atoms with Gasteiger partial charge in [0.25, 0.3) is 0 Å². The Morgan fingerprint density at radius 3 is 1.94 bits per heavy atom. The molecule has 0 aliphatic carbocycles. The fraction of sp³-hybridized carbons (Fsp3) is 0.444. The summed E-state index contributed by atoms with van der Waals surface area (Å²) in [6.45, 7) is 1.16. The van der Waals surface area contributed by atoms with E-state index >= 15 is 0 Å². The lowest BCUT2D eigenvalue weighted by Crippen LogP contribution is -2.50. The number of pyridine rings is 1. The lowest BCUT2D eigenvalue weighted by molar-refractivity contribution is -0.359. The predicted octanol–water partition coefficient (Wildman–Crippen LogP) is 3.26. The molecule has 0 aliphatic heterocycles. The van der Waals surface area contributed by atoms with Gasteiger partial charge in [0.1, 0.15) is 5.82 Å². The summed E-state index contributed by atoms with van der Waals surface area (Å²) in [5, 5.41) is 0. The van der Waals surface area contributed by atoms with Crippen LogP contribution >= 0.6 is 0 Å². The molecule has 0 radical (unpaired) electrons. The summed E-state index contributed by atoms with van der Waals surface area (Å²) in [5.41, 5.74) is 3.50. The van der Waals surface area contributed by atoms with Crippen molar-refractivity contribution >= 4 is 5.82 Å². The molecular formula is C9H7F7N2. The van der Waals surface area contributed by atoms with Gasteiger partial charge in [0.2, 0.25) is 0 Å². The fourth-order valence-corrected chi connectivity index (χ4v) is 1.12. The minimum atomic E-state index is -6.37. The number of hydrogen-bond acceptors (Lipinski definition) is 2. The monoisotopic (exact) mass is 276 g/mol. The van der Waals surface area contributed by atoms with Crippen molar-refractivity contribution in [1.82, 2.24) is 4.98 Å². The van der Waals surface area contributed by atoms with Crippen molar-refractivity contribution in [3.05, 3.63) is 23.4 Å². The Hall–Kier alpha value is -1.54. The second kappa shape index (κ2) is 3.99. The molecule has 18 heavy (non-hydrogen) atoms. The maximum atomic E-state index is 13.2. The number of hydrogen-bond donors (Lipinski definition) is 1. The first-order valence-corrected chi connectivity index (χ1v) is 4.46. The third-order valence-corrected chi connectivity index (χ3v) is 2.23. The summed E-state index contributed by atoms with van der Waals surface area (Å²) in [4.78, 5) is 3.14. The van der Waals surface area contributed by atoms with Gasteiger partial charge in [0.05, 0.1) is 0 Å². The first-order valence-electron chi connectivity index (χ1n) is 4.46. The van der Waals surface area contributed by atoms with Gasteiger partial charge >= 0.3 is 18.0 Å². The van der Waals surface area contributed by atoms with Crippen molar-refractivity contribution < 1.29 is 30.7 Å². The van der Waals surface area contributed by atoms with Crippen LogP contribution < -0.4 is 5.73 Å². The molecule has 0 amide bonds. The quantitative estimate of drug-likeness (QED) is 0.842. The molecule has 102 valence electrons. The second-order valence-electron chi connectivity index (χ2n) is 3.57. The third kappa shape index (κ3) is 2.08. The summed E-state index contributed by atoms with van der Waals surface area (Å²) >= 11 is 0. The molecule has 0 spiro atoms. The van der Waals surface area contributed by atoms with Gasteiger partial charge in [-0.1, -0.05) is 0 Å². The van der Waals surface area contributed by atoms with E-state index in [1.807, 2.05) is 0 Å². The summed E-state index contributed by atoms with van der Waals surface area (Å²) in [6.07, 6.45) is -6.17. The molecule has 1 rings (SSSR count). The molecule has 0 unspecified atom stereocenters. The number of aromatic nitrogens is 1. The summed E-state index contributed by atoms with van der Waals surface area (Å²) < 4.78 is 87.5. The topological polar surface area (TPSA) is 38.9 Å². The molecule has 0 fully saturated rings. The van der Waals surface area contributed by atoms with Crippen molar-refractivity contribution in [3.8, 4) is 0 Å². The number of nitrogen functional groups attached to an aromatic ring is 1. The van der Waals surface area contributed by atoms with E-state index in [9.17, 15) is 30.7 Å².